The second-order valence-electron chi connectivity index (χ2n) is 9.09. The largest absolute Gasteiger partial charge is 0.369 e. The van der Waals surface area contributed by atoms with Gasteiger partial charge in [-0.3, -0.25) is 0 Å². The van der Waals surface area contributed by atoms with Crippen LogP contribution in [0.2, 0.25) is 0 Å². The molecule has 0 aliphatic carbocycles. The topological polar surface area (TPSA) is 46.6 Å². The van der Waals surface area contributed by atoms with Crippen LogP contribution in [0.25, 0.3) is 0 Å². The number of sulfonamides is 1. The van der Waals surface area contributed by atoms with E-state index in [9.17, 15) is 8.42 Å². The Labute approximate surface area is 195 Å². The van der Waals surface area contributed by atoms with Gasteiger partial charge in [0, 0.05) is 13.1 Å². The van der Waals surface area contributed by atoms with E-state index >= 15 is 0 Å². The monoisotopic (exact) mass is 457 g/mol. The third-order valence-corrected chi connectivity index (χ3v) is 8.38. The molecule has 0 bridgehead atoms. The maximum atomic E-state index is 13.6. The van der Waals surface area contributed by atoms with E-state index in [0.717, 1.165) is 66.4 Å². The van der Waals surface area contributed by atoms with Crippen LogP contribution in [0, 0.1) is 6.92 Å². The molecule has 5 heteroatoms. The zero-order valence-electron chi connectivity index (χ0n) is 20.0. The number of unbranched alkanes of at least 4 members (excludes halogenated alkanes) is 5. The standard InChI is InChI=1S/C27H39NO3S/c1-5-7-9-11-12-23-18-28(32(29,30)24-16-14-21(3)15-17-24)19-25-26(22(23)4)20-31-27(25)13-10-8-6-2/h12,14-17,27H,4-11,13,18-20H2,1-3H3/b23-12-. The Morgan fingerprint density at radius 2 is 1.75 bits per heavy atom. The van der Waals surface area contributed by atoms with Crippen molar-refractivity contribution in [1.29, 1.82) is 0 Å². The Kier molecular flexibility index (Phi) is 8.92. The van der Waals surface area contributed by atoms with E-state index in [4.69, 9.17) is 4.74 Å². The molecule has 0 saturated heterocycles. The fourth-order valence-electron chi connectivity index (χ4n) is 4.50. The zero-order valence-corrected chi connectivity index (χ0v) is 20.8. The Bertz CT molecular complexity index is 957. The van der Waals surface area contributed by atoms with Gasteiger partial charge in [0.1, 0.15) is 0 Å². The van der Waals surface area contributed by atoms with Crippen molar-refractivity contribution in [1.82, 2.24) is 4.31 Å². The summed E-state index contributed by atoms with van der Waals surface area (Å²) >= 11 is 0. The number of nitrogens with zero attached hydrogens (tertiary/aromatic N) is 1. The summed E-state index contributed by atoms with van der Waals surface area (Å²) in [5.74, 6) is 0. The van der Waals surface area contributed by atoms with Crippen LogP contribution in [0.4, 0.5) is 0 Å². The Morgan fingerprint density at radius 3 is 2.44 bits per heavy atom. The van der Waals surface area contributed by atoms with Crippen molar-refractivity contribution in [2.45, 2.75) is 83.1 Å². The van der Waals surface area contributed by atoms with Crippen LogP contribution in [0.5, 0.6) is 0 Å². The van der Waals surface area contributed by atoms with E-state index in [2.05, 4.69) is 26.5 Å². The average Bonchev–Trinajstić information content (AvgIpc) is 3.11. The molecule has 176 valence electrons. The van der Waals surface area contributed by atoms with E-state index in [0.29, 0.717) is 24.6 Å². The van der Waals surface area contributed by atoms with Gasteiger partial charge in [-0.05, 0) is 60.6 Å². The van der Waals surface area contributed by atoms with Gasteiger partial charge in [-0.25, -0.2) is 8.42 Å². The highest BCUT2D eigenvalue weighted by atomic mass is 32.2. The number of hydrogen-bond donors (Lipinski definition) is 0. The molecule has 1 aromatic rings. The first-order valence-electron chi connectivity index (χ1n) is 12.2. The molecule has 0 radical (unpaired) electrons. The molecule has 0 saturated carbocycles. The Morgan fingerprint density at radius 1 is 1.06 bits per heavy atom. The van der Waals surface area contributed by atoms with Crippen LogP contribution in [0.1, 0.15) is 70.8 Å². The molecular formula is C27H39NO3S. The summed E-state index contributed by atoms with van der Waals surface area (Å²) in [5, 5.41) is 0. The van der Waals surface area contributed by atoms with Crippen molar-refractivity contribution in [3.05, 3.63) is 64.8 Å². The zero-order chi connectivity index (χ0) is 23.1. The number of hydrogen-bond acceptors (Lipinski definition) is 3. The van der Waals surface area contributed by atoms with Crippen LogP contribution < -0.4 is 0 Å². The highest BCUT2D eigenvalue weighted by Gasteiger charge is 2.36. The molecule has 1 atom stereocenters. The van der Waals surface area contributed by atoms with E-state index in [-0.39, 0.29) is 6.10 Å². The van der Waals surface area contributed by atoms with Crippen molar-refractivity contribution in [2.24, 2.45) is 0 Å². The van der Waals surface area contributed by atoms with Gasteiger partial charge in [0.2, 0.25) is 10.0 Å². The van der Waals surface area contributed by atoms with E-state index in [1.807, 2.05) is 19.1 Å². The number of allylic oxidation sites excluding steroid dienone is 1. The van der Waals surface area contributed by atoms with Gasteiger partial charge in [0.15, 0.2) is 0 Å². The highest BCUT2D eigenvalue weighted by molar-refractivity contribution is 7.89. The lowest BCUT2D eigenvalue weighted by atomic mass is 9.94. The molecule has 0 aromatic heterocycles. The minimum Gasteiger partial charge on any atom is -0.369 e. The lowest BCUT2D eigenvalue weighted by molar-refractivity contribution is 0.108. The molecule has 1 unspecified atom stereocenters. The van der Waals surface area contributed by atoms with Gasteiger partial charge in [0.25, 0.3) is 0 Å². The normalized spacial score (nSPS) is 21.3. The fourth-order valence-corrected chi connectivity index (χ4v) is 5.90. The quantitative estimate of drug-likeness (QED) is 0.385. The van der Waals surface area contributed by atoms with E-state index < -0.39 is 10.0 Å². The molecule has 0 N–H and O–H groups in total. The molecule has 32 heavy (non-hydrogen) atoms. The third kappa shape index (κ3) is 5.81. The van der Waals surface area contributed by atoms with Gasteiger partial charge < -0.3 is 4.74 Å². The lowest BCUT2D eigenvalue weighted by Gasteiger charge is -2.24. The predicted octanol–water partition coefficient (Wildman–Crippen LogP) is 6.34. The van der Waals surface area contributed by atoms with Crippen LogP contribution >= 0.6 is 0 Å². The summed E-state index contributed by atoms with van der Waals surface area (Å²) < 4.78 is 35.1. The maximum Gasteiger partial charge on any atom is 0.243 e. The van der Waals surface area contributed by atoms with Crippen LogP contribution in [-0.2, 0) is 14.8 Å². The van der Waals surface area contributed by atoms with Crippen molar-refractivity contribution in [3.8, 4) is 0 Å². The van der Waals surface area contributed by atoms with Gasteiger partial charge in [0.05, 0.1) is 17.6 Å². The Balaban J connectivity index is 1.94. The van der Waals surface area contributed by atoms with Gasteiger partial charge in [-0.1, -0.05) is 76.3 Å². The molecule has 1 aromatic carbocycles. The van der Waals surface area contributed by atoms with Crippen molar-refractivity contribution >= 4 is 10.0 Å². The first kappa shape index (κ1) is 24.9. The molecule has 0 amide bonds. The molecule has 0 fully saturated rings. The molecule has 4 nitrogen and oxygen atoms in total. The average molecular weight is 458 g/mol. The second-order valence-corrected chi connectivity index (χ2v) is 11.0. The minimum absolute atomic E-state index is 0.0107. The summed E-state index contributed by atoms with van der Waals surface area (Å²) in [4.78, 5) is 0.351. The second kappa shape index (κ2) is 11.4. The third-order valence-electron chi connectivity index (χ3n) is 6.58. The number of aryl methyl sites for hydroxylation is 1. The summed E-state index contributed by atoms with van der Waals surface area (Å²) in [6, 6.07) is 7.16. The maximum absolute atomic E-state index is 13.6. The number of rotatable bonds is 10. The van der Waals surface area contributed by atoms with Crippen molar-refractivity contribution in [3.63, 3.8) is 0 Å². The van der Waals surface area contributed by atoms with Gasteiger partial charge in [-0.15, -0.1) is 0 Å². The Hall–Kier alpha value is -1.69. The smallest absolute Gasteiger partial charge is 0.243 e. The van der Waals surface area contributed by atoms with Crippen molar-refractivity contribution in [2.75, 3.05) is 19.7 Å². The number of ether oxygens (including phenoxy) is 1. The molecule has 2 heterocycles. The van der Waals surface area contributed by atoms with Crippen LogP contribution in [-0.4, -0.2) is 38.5 Å². The fraction of sp³-hybridized carbons (Fsp3) is 0.556. The van der Waals surface area contributed by atoms with Crippen LogP contribution in [0.15, 0.2) is 64.1 Å². The minimum atomic E-state index is -3.62. The first-order valence-corrected chi connectivity index (χ1v) is 13.6. The SMILES string of the molecule is C=C1C2=C(CN(S(=O)(=O)c3ccc(C)cc3)C/C1=C/CCCCC)C(CCCCC)OC2. The summed E-state index contributed by atoms with van der Waals surface area (Å²) in [6.07, 6.45) is 11.0. The van der Waals surface area contributed by atoms with Gasteiger partial charge in [-0.2, -0.15) is 4.31 Å². The first-order chi connectivity index (χ1) is 15.4. The highest BCUT2D eigenvalue weighted by Crippen LogP contribution is 2.37. The molecular weight excluding hydrogens is 418 g/mol. The van der Waals surface area contributed by atoms with Crippen LogP contribution in [0.3, 0.4) is 0 Å². The van der Waals surface area contributed by atoms with E-state index in [1.54, 1.807) is 16.4 Å². The molecule has 3 rings (SSSR count). The van der Waals surface area contributed by atoms with Gasteiger partial charge >= 0.3 is 0 Å². The van der Waals surface area contributed by atoms with E-state index in [1.165, 1.54) is 12.8 Å². The summed E-state index contributed by atoms with van der Waals surface area (Å²) in [6.45, 7) is 12.0. The van der Waals surface area contributed by atoms with Crippen molar-refractivity contribution < 1.29 is 13.2 Å². The lowest BCUT2D eigenvalue weighted by Crippen LogP contribution is -2.35. The molecule has 0 spiro atoms. The predicted molar refractivity (Wildman–Crippen MR) is 132 cm³/mol. The summed E-state index contributed by atoms with van der Waals surface area (Å²) in [7, 11) is -3.62. The summed E-state index contributed by atoms with van der Waals surface area (Å²) in [5.41, 5.74) is 5.28. The number of benzene rings is 1. The molecule has 2 aliphatic heterocycles. The molecule has 2 aliphatic rings.